The number of benzene rings is 2. The summed E-state index contributed by atoms with van der Waals surface area (Å²) in [5, 5.41) is 2.00. The lowest BCUT2D eigenvalue weighted by molar-refractivity contribution is -0.153. The maximum atomic E-state index is 13.2. The highest BCUT2D eigenvalue weighted by Gasteiger charge is 2.28. The third-order valence-corrected chi connectivity index (χ3v) is 3.06. The molecule has 3 nitrogen and oxygen atoms in total. The van der Waals surface area contributed by atoms with Gasteiger partial charge in [-0.3, -0.25) is 4.79 Å². The van der Waals surface area contributed by atoms with Crippen molar-refractivity contribution in [1.29, 1.82) is 0 Å². The molecule has 128 valence electrons. The van der Waals surface area contributed by atoms with Gasteiger partial charge in [-0.25, -0.2) is 8.78 Å². The Balaban J connectivity index is 2.13. The smallest absolute Gasteiger partial charge is 0.422 e. The SMILES string of the molecule is O=C(Nc1cccc(OCC(F)(F)F)c1)c1cc(F)c(F)cc1Cl. The summed E-state index contributed by atoms with van der Waals surface area (Å²) >= 11 is 5.68. The van der Waals surface area contributed by atoms with Crippen LogP contribution in [-0.4, -0.2) is 18.7 Å². The Bertz CT molecular complexity index is 764. The summed E-state index contributed by atoms with van der Waals surface area (Å²) in [5.74, 6) is -3.45. The third-order valence-electron chi connectivity index (χ3n) is 2.75. The third kappa shape index (κ3) is 4.82. The fourth-order valence-electron chi connectivity index (χ4n) is 1.72. The largest absolute Gasteiger partial charge is 0.484 e. The quantitative estimate of drug-likeness (QED) is 0.623. The molecule has 2 aromatic rings. The van der Waals surface area contributed by atoms with Crippen LogP contribution < -0.4 is 10.1 Å². The summed E-state index contributed by atoms with van der Waals surface area (Å²) in [6.45, 7) is -1.49. The van der Waals surface area contributed by atoms with E-state index in [-0.39, 0.29) is 22.0 Å². The van der Waals surface area contributed by atoms with Crippen LogP contribution in [0.25, 0.3) is 0 Å². The van der Waals surface area contributed by atoms with Gasteiger partial charge in [-0.2, -0.15) is 13.2 Å². The van der Waals surface area contributed by atoms with Crippen molar-refractivity contribution in [2.75, 3.05) is 11.9 Å². The summed E-state index contributed by atoms with van der Waals surface area (Å²) in [5.41, 5.74) is -0.224. The van der Waals surface area contributed by atoms with Gasteiger partial charge in [0.15, 0.2) is 18.2 Å². The van der Waals surface area contributed by atoms with Crippen LogP contribution >= 0.6 is 11.6 Å². The van der Waals surface area contributed by atoms with Crippen LogP contribution in [0.15, 0.2) is 36.4 Å². The van der Waals surface area contributed by atoms with Crippen molar-refractivity contribution in [3.05, 3.63) is 58.6 Å². The van der Waals surface area contributed by atoms with E-state index in [1.807, 2.05) is 0 Å². The van der Waals surface area contributed by atoms with Gasteiger partial charge in [0.2, 0.25) is 0 Å². The van der Waals surface area contributed by atoms with Crippen molar-refractivity contribution in [2.24, 2.45) is 0 Å². The lowest BCUT2D eigenvalue weighted by Crippen LogP contribution is -2.19. The van der Waals surface area contributed by atoms with Gasteiger partial charge >= 0.3 is 6.18 Å². The topological polar surface area (TPSA) is 38.3 Å². The van der Waals surface area contributed by atoms with E-state index in [9.17, 15) is 26.7 Å². The van der Waals surface area contributed by atoms with E-state index < -0.39 is 30.3 Å². The highest BCUT2D eigenvalue weighted by atomic mass is 35.5. The average molecular weight is 366 g/mol. The van der Waals surface area contributed by atoms with Crippen molar-refractivity contribution in [2.45, 2.75) is 6.18 Å². The molecular weight excluding hydrogens is 357 g/mol. The number of rotatable bonds is 4. The first-order valence-corrected chi connectivity index (χ1v) is 6.79. The predicted molar refractivity (Wildman–Crippen MR) is 77.3 cm³/mol. The Morgan fingerprint density at radius 1 is 1.12 bits per heavy atom. The highest BCUT2D eigenvalue weighted by Crippen LogP contribution is 2.24. The lowest BCUT2D eigenvalue weighted by atomic mass is 10.2. The van der Waals surface area contributed by atoms with E-state index in [4.69, 9.17) is 11.6 Å². The van der Waals surface area contributed by atoms with E-state index in [1.54, 1.807) is 0 Å². The minimum atomic E-state index is -4.50. The standard InChI is InChI=1S/C15H9ClF5NO2/c16-11-6-13(18)12(17)5-10(11)14(23)22-8-2-1-3-9(4-8)24-7-15(19,20)21/h1-6H,7H2,(H,22,23). The molecule has 0 spiro atoms. The van der Waals surface area contributed by atoms with Gasteiger partial charge < -0.3 is 10.1 Å². The molecule has 0 atom stereocenters. The summed E-state index contributed by atoms with van der Waals surface area (Å²) < 4.78 is 67.1. The Kier molecular flexibility index (Phi) is 5.28. The van der Waals surface area contributed by atoms with Crippen LogP contribution in [0.4, 0.5) is 27.6 Å². The van der Waals surface area contributed by atoms with Crippen molar-refractivity contribution in [3.63, 3.8) is 0 Å². The van der Waals surface area contributed by atoms with Gasteiger partial charge in [-0.1, -0.05) is 17.7 Å². The monoisotopic (exact) mass is 365 g/mol. The Morgan fingerprint density at radius 3 is 2.46 bits per heavy atom. The Morgan fingerprint density at radius 2 is 1.79 bits per heavy atom. The molecule has 0 unspecified atom stereocenters. The van der Waals surface area contributed by atoms with Crippen molar-refractivity contribution in [3.8, 4) is 5.75 Å². The molecule has 0 aliphatic heterocycles. The number of amides is 1. The molecule has 2 aromatic carbocycles. The molecule has 1 amide bonds. The number of alkyl halides is 3. The number of halogens is 6. The second-order valence-corrected chi connectivity index (χ2v) is 5.04. The number of ether oxygens (including phenoxy) is 1. The zero-order chi connectivity index (χ0) is 17.9. The molecule has 0 aliphatic rings. The average Bonchev–Trinajstić information content (AvgIpc) is 2.48. The number of carbonyl (C=O) groups is 1. The molecule has 0 radical (unpaired) electrons. The molecule has 2 rings (SSSR count). The van der Waals surface area contributed by atoms with Crippen LogP contribution in [0.1, 0.15) is 10.4 Å². The molecule has 1 N–H and O–H groups in total. The zero-order valence-electron chi connectivity index (χ0n) is 11.8. The number of carbonyl (C=O) groups excluding carboxylic acids is 1. The highest BCUT2D eigenvalue weighted by molar-refractivity contribution is 6.34. The number of anilines is 1. The maximum Gasteiger partial charge on any atom is 0.422 e. The first-order chi connectivity index (χ1) is 11.2. The number of hydrogen-bond donors (Lipinski definition) is 1. The Hall–Kier alpha value is -2.35. The van der Waals surface area contributed by atoms with Gasteiger partial charge in [0.25, 0.3) is 5.91 Å². The van der Waals surface area contributed by atoms with E-state index >= 15 is 0 Å². The molecule has 0 saturated carbocycles. The molecule has 0 aliphatic carbocycles. The van der Waals surface area contributed by atoms with E-state index in [2.05, 4.69) is 10.1 Å². The molecule has 9 heteroatoms. The molecule has 24 heavy (non-hydrogen) atoms. The van der Waals surface area contributed by atoms with E-state index in [0.29, 0.717) is 12.1 Å². The second-order valence-electron chi connectivity index (χ2n) is 4.63. The van der Waals surface area contributed by atoms with E-state index in [0.717, 1.165) is 6.07 Å². The van der Waals surface area contributed by atoms with Gasteiger partial charge in [0.05, 0.1) is 10.6 Å². The fourth-order valence-corrected chi connectivity index (χ4v) is 1.96. The maximum absolute atomic E-state index is 13.2. The van der Waals surface area contributed by atoms with Gasteiger partial charge in [0, 0.05) is 11.8 Å². The van der Waals surface area contributed by atoms with Gasteiger partial charge in [-0.05, 0) is 24.3 Å². The van der Waals surface area contributed by atoms with Crippen LogP contribution in [0.5, 0.6) is 5.75 Å². The summed E-state index contributed by atoms with van der Waals surface area (Å²) in [6.07, 6.45) is -4.50. The van der Waals surface area contributed by atoms with Crippen LogP contribution in [0, 0.1) is 11.6 Å². The van der Waals surface area contributed by atoms with E-state index in [1.165, 1.54) is 18.2 Å². The molecule has 0 aromatic heterocycles. The van der Waals surface area contributed by atoms with Gasteiger partial charge in [-0.15, -0.1) is 0 Å². The number of nitrogens with one attached hydrogen (secondary N) is 1. The predicted octanol–water partition coefficient (Wildman–Crippen LogP) is 4.81. The minimum Gasteiger partial charge on any atom is -0.484 e. The summed E-state index contributed by atoms with van der Waals surface area (Å²) in [6, 6.07) is 6.43. The second kappa shape index (κ2) is 7.04. The summed E-state index contributed by atoms with van der Waals surface area (Å²) in [7, 11) is 0. The number of hydrogen-bond acceptors (Lipinski definition) is 2. The fraction of sp³-hybridized carbons (Fsp3) is 0.133. The first-order valence-electron chi connectivity index (χ1n) is 6.41. The van der Waals surface area contributed by atoms with Crippen LogP contribution in [-0.2, 0) is 0 Å². The lowest BCUT2D eigenvalue weighted by Gasteiger charge is -2.11. The first kappa shape index (κ1) is 18.0. The molecular formula is C15H9ClF5NO2. The Labute approximate surface area is 138 Å². The molecule has 0 bridgehead atoms. The van der Waals surface area contributed by atoms with Crippen molar-refractivity contribution in [1.82, 2.24) is 0 Å². The normalized spacial score (nSPS) is 11.2. The zero-order valence-corrected chi connectivity index (χ0v) is 12.5. The van der Waals surface area contributed by atoms with Crippen LogP contribution in [0.3, 0.4) is 0 Å². The van der Waals surface area contributed by atoms with Crippen LogP contribution in [0.2, 0.25) is 5.02 Å². The van der Waals surface area contributed by atoms with Crippen molar-refractivity contribution >= 4 is 23.2 Å². The molecule has 0 fully saturated rings. The van der Waals surface area contributed by atoms with Crippen molar-refractivity contribution < 1.29 is 31.5 Å². The molecule has 0 saturated heterocycles. The summed E-state index contributed by atoms with van der Waals surface area (Å²) in [4.78, 5) is 12.0. The van der Waals surface area contributed by atoms with Gasteiger partial charge in [0.1, 0.15) is 5.75 Å². The minimum absolute atomic E-state index is 0.0977. The molecule has 0 heterocycles.